The summed E-state index contributed by atoms with van der Waals surface area (Å²) in [5, 5.41) is 3.20. The second-order valence-electron chi connectivity index (χ2n) is 5.11. The topological polar surface area (TPSA) is 64.6 Å². The van der Waals surface area contributed by atoms with Crippen LogP contribution in [0.3, 0.4) is 0 Å². The molecule has 1 N–H and O–H groups in total. The van der Waals surface area contributed by atoms with Gasteiger partial charge < -0.3 is 14.8 Å². The smallest absolute Gasteiger partial charge is 0.341 e. The van der Waals surface area contributed by atoms with E-state index in [1.807, 2.05) is 38.1 Å². The van der Waals surface area contributed by atoms with E-state index in [-0.39, 0.29) is 19.1 Å². The molecule has 2 rings (SSSR count). The third kappa shape index (κ3) is 4.82. The van der Waals surface area contributed by atoms with Gasteiger partial charge in [0.05, 0.1) is 5.56 Å². The molecule has 1 aromatic carbocycles. The maximum Gasteiger partial charge on any atom is 0.341 e. The normalized spacial score (nSPS) is 10.3. The molecule has 0 bridgehead atoms. The zero-order chi connectivity index (χ0) is 17.7. The molecule has 2 aromatic rings. The number of esters is 1. The zero-order valence-electron chi connectivity index (χ0n) is 13.6. The molecule has 0 saturated heterocycles. The van der Waals surface area contributed by atoms with Gasteiger partial charge in [-0.2, -0.15) is 0 Å². The summed E-state index contributed by atoms with van der Waals surface area (Å²) < 4.78 is 11.7. The highest BCUT2D eigenvalue weighted by atomic mass is 79.9. The van der Waals surface area contributed by atoms with E-state index < -0.39 is 5.97 Å². The van der Waals surface area contributed by atoms with Crippen molar-refractivity contribution in [3.8, 4) is 5.75 Å². The maximum atomic E-state index is 12.3. The number of rotatable bonds is 6. The van der Waals surface area contributed by atoms with E-state index in [1.54, 1.807) is 0 Å². The first kappa shape index (κ1) is 18.5. The van der Waals surface area contributed by atoms with Gasteiger partial charge in [0, 0.05) is 16.3 Å². The lowest BCUT2D eigenvalue weighted by atomic mass is 10.1. The van der Waals surface area contributed by atoms with Crippen LogP contribution in [-0.2, 0) is 9.53 Å². The second-order valence-corrected chi connectivity index (χ2v) is 7.25. The van der Waals surface area contributed by atoms with Crippen molar-refractivity contribution in [2.45, 2.75) is 20.8 Å². The molecule has 0 aliphatic rings. The fourth-order valence-electron chi connectivity index (χ4n) is 2.04. The van der Waals surface area contributed by atoms with E-state index >= 15 is 0 Å². The number of hydrogen-bond acceptors (Lipinski definition) is 5. The van der Waals surface area contributed by atoms with Gasteiger partial charge in [0.2, 0.25) is 5.91 Å². The first-order chi connectivity index (χ1) is 11.4. The van der Waals surface area contributed by atoms with Crippen LogP contribution in [0.1, 0.15) is 27.7 Å². The highest BCUT2D eigenvalue weighted by molar-refractivity contribution is 9.10. The molecule has 0 saturated carbocycles. The Hall–Kier alpha value is -1.86. The number of anilines is 1. The largest absolute Gasteiger partial charge is 0.490 e. The summed E-state index contributed by atoms with van der Waals surface area (Å²) in [5.41, 5.74) is 1.23. The number of nitrogens with one attached hydrogen (secondary N) is 1. The second kappa shape index (κ2) is 8.30. The molecular formula is C17H18BrNO4S. The number of carbonyl (C=O) groups is 2. The quantitative estimate of drug-likeness (QED) is 0.567. The van der Waals surface area contributed by atoms with Gasteiger partial charge in [0.1, 0.15) is 24.0 Å². The first-order valence-electron chi connectivity index (χ1n) is 7.31. The Morgan fingerprint density at radius 2 is 2.00 bits per heavy atom. The lowest BCUT2D eigenvalue weighted by molar-refractivity contribution is -0.114. The molecule has 1 aromatic heterocycles. The monoisotopic (exact) mass is 411 g/mol. The van der Waals surface area contributed by atoms with Crippen molar-refractivity contribution in [1.29, 1.82) is 0 Å². The van der Waals surface area contributed by atoms with Gasteiger partial charge >= 0.3 is 5.97 Å². The van der Waals surface area contributed by atoms with Crippen LogP contribution in [0.25, 0.3) is 0 Å². The molecule has 5 nitrogen and oxygen atoms in total. The Labute approximate surface area is 153 Å². The number of amides is 1. The van der Waals surface area contributed by atoms with Crippen molar-refractivity contribution >= 4 is 44.1 Å². The van der Waals surface area contributed by atoms with Gasteiger partial charge in [-0.15, -0.1) is 11.3 Å². The number of thiophene rings is 1. The Morgan fingerprint density at radius 3 is 2.67 bits per heavy atom. The lowest BCUT2D eigenvalue weighted by Crippen LogP contribution is -2.15. The predicted molar refractivity (Wildman–Crippen MR) is 98.0 cm³/mol. The molecule has 7 heteroatoms. The molecule has 24 heavy (non-hydrogen) atoms. The molecular weight excluding hydrogens is 394 g/mol. The standard InChI is InChI=1S/C17H18BrNO4S/c1-10-11(2)24-16(19-12(3)20)15(10)17(21)23-8-7-22-14-6-4-5-13(18)9-14/h4-6,9H,7-8H2,1-3H3,(H,19,20). The van der Waals surface area contributed by atoms with Crippen LogP contribution >= 0.6 is 27.3 Å². The minimum absolute atomic E-state index is 0.124. The van der Waals surface area contributed by atoms with Crippen molar-refractivity contribution in [1.82, 2.24) is 0 Å². The highest BCUT2D eigenvalue weighted by Gasteiger charge is 2.21. The highest BCUT2D eigenvalue weighted by Crippen LogP contribution is 2.33. The number of aryl methyl sites for hydroxylation is 1. The summed E-state index contributed by atoms with van der Waals surface area (Å²) in [6, 6.07) is 7.43. The van der Waals surface area contributed by atoms with E-state index in [0.717, 1.165) is 14.9 Å². The van der Waals surface area contributed by atoms with Crippen molar-refractivity contribution in [2.75, 3.05) is 18.5 Å². The summed E-state index contributed by atoms with van der Waals surface area (Å²) in [6.07, 6.45) is 0. The van der Waals surface area contributed by atoms with Crippen molar-refractivity contribution < 1.29 is 19.1 Å². The molecule has 0 aliphatic heterocycles. The Bertz CT molecular complexity index is 757. The van der Waals surface area contributed by atoms with E-state index in [1.165, 1.54) is 18.3 Å². The molecule has 128 valence electrons. The zero-order valence-corrected chi connectivity index (χ0v) is 16.0. The van der Waals surface area contributed by atoms with Crippen LogP contribution in [0.4, 0.5) is 5.00 Å². The van der Waals surface area contributed by atoms with Gasteiger partial charge in [-0.1, -0.05) is 22.0 Å². The summed E-state index contributed by atoms with van der Waals surface area (Å²) in [6.45, 7) is 5.52. The Balaban J connectivity index is 1.94. The van der Waals surface area contributed by atoms with Gasteiger partial charge in [-0.3, -0.25) is 4.79 Å². The van der Waals surface area contributed by atoms with Crippen molar-refractivity contribution in [2.24, 2.45) is 0 Å². The fraction of sp³-hybridized carbons (Fsp3) is 0.294. The molecule has 1 amide bonds. The summed E-state index contributed by atoms with van der Waals surface area (Å²) in [4.78, 5) is 24.6. The van der Waals surface area contributed by atoms with Crippen molar-refractivity contribution in [3.63, 3.8) is 0 Å². The number of hydrogen-bond donors (Lipinski definition) is 1. The van der Waals surface area contributed by atoms with Crippen LogP contribution in [0.2, 0.25) is 0 Å². The Kier molecular flexibility index (Phi) is 6.39. The number of halogens is 1. The SMILES string of the molecule is CC(=O)Nc1sc(C)c(C)c1C(=O)OCCOc1cccc(Br)c1. The van der Waals surface area contributed by atoms with Crippen LogP contribution in [0.15, 0.2) is 28.7 Å². The van der Waals surface area contributed by atoms with Crippen LogP contribution in [0.5, 0.6) is 5.75 Å². The third-order valence-corrected chi connectivity index (χ3v) is 4.88. The minimum atomic E-state index is -0.460. The molecule has 0 spiro atoms. The van der Waals surface area contributed by atoms with E-state index in [0.29, 0.717) is 16.3 Å². The first-order valence-corrected chi connectivity index (χ1v) is 8.92. The van der Waals surface area contributed by atoms with E-state index in [9.17, 15) is 9.59 Å². The minimum Gasteiger partial charge on any atom is -0.490 e. The predicted octanol–water partition coefficient (Wildman–Crippen LogP) is 4.32. The van der Waals surface area contributed by atoms with Crippen LogP contribution < -0.4 is 10.1 Å². The maximum absolute atomic E-state index is 12.3. The molecule has 0 unspecified atom stereocenters. The number of carbonyl (C=O) groups excluding carboxylic acids is 2. The Morgan fingerprint density at radius 1 is 1.25 bits per heavy atom. The third-order valence-electron chi connectivity index (χ3n) is 3.26. The van der Waals surface area contributed by atoms with E-state index in [4.69, 9.17) is 9.47 Å². The lowest BCUT2D eigenvalue weighted by Gasteiger charge is -2.09. The molecule has 0 fully saturated rings. The number of ether oxygens (including phenoxy) is 2. The van der Waals surface area contributed by atoms with Gasteiger partial charge in [0.25, 0.3) is 0 Å². The molecule has 0 radical (unpaired) electrons. The van der Waals surface area contributed by atoms with Crippen LogP contribution in [-0.4, -0.2) is 25.1 Å². The summed E-state index contributed by atoms with van der Waals surface area (Å²) in [7, 11) is 0. The summed E-state index contributed by atoms with van der Waals surface area (Å²) in [5.74, 6) is 0.0173. The van der Waals surface area contributed by atoms with Crippen molar-refractivity contribution in [3.05, 3.63) is 44.7 Å². The average molecular weight is 412 g/mol. The fourth-order valence-corrected chi connectivity index (χ4v) is 3.52. The average Bonchev–Trinajstić information content (AvgIpc) is 2.77. The van der Waals surface area contributed by atoms with E-state index in [2.05, 4.69) is 21.2 Å². The summed E-state index contributed by atoms with van der Waals surface area (Å²) >= 11 is 4.73. The van der Waals surface area contributed by atoms with Gasteiger partial charge in [0.15, 0.2) is 0 Å². The van der Waals surface area contributed by atoms with Gasteiger partial charge in [-0.05, 0) is 37.6 Å². The molecule has 0 atom stereocenters. The molecule has 1 heterocycles. The molecule has 0 aliphatic carbocycles. The number of benzene rings is 1. The van der Waals surface area contributed by atoms with Gasteiger partial charge in [-0.25, -0.2) is 4.79 Å². The van der Waals surface area contributed by atoms with Crippen LogP contribution in [0, 0.1) is 13.8 Å².